The van der Waals surface area contributed by atoms with E-state index in [2.05, 4.69) is 36.8 Å². The van der Waals surface area contributed by atoms with Crippen LogP contribution < -0.4 is 0 Å². The Balaban J connectivity index is 3.28. The molecule has 1 N–H and O–H groups in total. The van der Waals surface area contributed by atoms with Crippen LogP contribution in [-0.2, 0) is 0 Å². The predicted molar refractivity (Wildman–Crippen MR) is 46.3 cm³/mol. The first-order valence-corrected chi connectivity index (χ1v) is 4.44. The van der Waals surface area contributed by atoms with E-state index in [4.69, 9.17) is 5.11 Å². The molecule has 6 heteroatoms. The molecule has 0 radical (unpaired) electrons. The van der Waals surface area contributed by atoms with Crippen molar-refractivity contribution >= 4 is 31.9 Å². The van der Waals surface area contributed by atoms with Gasteiger partial charge in [-0.1, -0.05) is 0 Å². The highest BCUT2D eigenvalue weighted by molar-refractivity contribution is 9.11. The van der Waals surface area contributed by atoms with Gasteiger partial charge in [-0.3, -0.25) is 0 Å². The van der Waals surface area contributed by atoms with E-state index in [0.717, 1.165) is 0 Å². The Morgan fingerprint density at radius 2 is 2.00 bits per heavy atom. The van der Waals surface area contributed by atoms with E-state index in [1.807, 2.05) is 0 Å². The second kappa shape index (κ2) is 3.66. The van der Waals surface area contributed by atoms with Crippen LogP contribution in [0, 0.1) is 0 Å². The lowest BCUT2D eigenvalue weighted by Gasteiger charge is -2.04. The van der Waals surface area contributed by atoms with E-state index in [1.54, 1.807) is 0 Å². The second-order valence-corrected chi connectivity index (χ2v) is 3.63. The number of pyridine rings is 1. The van der Waals surface area contributed by atoms with Crippen molar-refractivity contribution in [3.05, 3.63) is 20.8 Å². The fourth-order valence-corrected chi connectivity index (χ4v) is 1.79. The predicted octanol–water partition coefficient (Wildman–Crippen LogP) is 3.25. The lowest BCUT2D eigenvalue weighted by Crippen LogP contribution is -1.92. The Hall–Kier alpha value is -0.230. The molecule has 0 atom stereocenters. The Morgan fingerprint density at radius 3 is 2.50 bits per heavy atom. The zero-order valence-electron chi connectivity index (χ0n) is 5.56. The molecule has 2 nitrogen and oxygen atoms in total. The standard InChI is InChI=1S/C6H3Br2F2NO/c7-2-1-3(8)11-4(5(2)12)6(9)10/h1,6,12H. The Bertz CT molecular complexity index is 306. The van der Waals surface area contributed by atoms with E-state index >= 15 is 0 Å². The third-order valence-electron chi connectivity index (χ3n) is 1.15. The van der Waals surface area contributed by atoms with Crippen LogP contribution in [0.15, 0.2) is 15.1 Å². The maximum Gasteiger partial charge on any atom is 0.284 e. The average molecular weight is 303 g/mol. The topological polar surface area (TPSA) is 33.1 Å². The summed E-state index contributed by atoms with van der Waals surface area (Å²) in [4.78, 5) is 3.42. The van der Waals surface area contributed by atoms with Gasteiger partial charge in [0.05, 0.1) is 4.47 Å². The SMILES string of the molecule is Oc1c(Br)cc(Br)nc1C(F)F. The van der Waals surface area contributed by atoms with Gasteiger partial charge in [0, 0.05) is 0 Å². The van der Waals surface area contributed by atoms with E-state index < -0.39 is 17.9 Å². The Labute approximate surface area is 83.9 Å². The summed E-state index contributed by atoms with van der Waals surface area (Å²) in [7, 11) is 0. The summed E-state index contributed by atoms with van der Waals surface area (Å²) in [6.07, 6.45) is -2.78. The molecule has 0 fully saturated rings. The lowest BCUT2D eigenvalue weighted by atomic mass is 10.3. The van der Waals surface area contributed by atoms with Crippen molar-refractivity contribution in [1.82, 2.24) is 4.98 Å². The van der Waals surface area contributed by atoms with Gasteiger partial charge < -0.3 is 5.11 Å². The minimum Gasteiger partial charge on any atom is -0.505 e. The molecule has 0 saturated heterocycles. The number of hydrogen-bond acceptors (Lipinski definition) is 2. The van der Waals surface area contributed by atoms with Gasteiger partial charge in [0.1, 0.15) is 4.60 Å². The first-order chi connectivity index (χ1) is 5.52. The van der Waals surface area contributed by atoms with Gasteiger partial charge in [-0.15, -0.1) is 0 Å². The molecule has 0 bridgehead atoms. The summed E-state index contributed by atoms with van der Waals surface area (Å²) in [5.74, 6) is -0.520. The first-order valence-electron chi connectivity index (χ1n) is 2.85. The molecule has 1 aromatic heterocycles. The second-order valence-electron chi connectivity index (χ2n) is 1.96. The minimum atomic E-state index is -2.78. The van der Waals surface area contributed by atoms with Gasteiger partial charge in [0.2, 0.25) is 0 Å². The molecule has 66 valence electrons. The normalized spacial score (nSPS) is 10.8. The zero-order chi connectivity index (χ0) is 9.30. The largest absolute Gasteiger partial charge is 0.505 e. The molecular formula is C6H3Br2F2NO. The third kappa shape index (κ3) is 1.92. The highest BCUT2D eigenvalue weighted by Gasteiger charge is 2.17. The molecule has 12 heavy (non-hydrogen) atoms. The van der Waals surface area contributed by atoms with Crippen molar-refractivity contribution in [3.63, 3.8) is 0 Å². The highest BCUT2D eigenvalue weighted by atomic mass is 79.9. The van der Waals surface area contributed by atoms with E-state index in [9.17, 15) is 8.78 Å². The van der Waals surface area contributed by atoms with Crippen LogP contribution in [0.4, 0.5) is 8.78 Å². The molecular weight excluding hydrogens is 300 g/mol. The zero-order valence-corrected chi connectivity index (χ0v) is 8.73. The molecule has 0 unspecified atom stereocenters. The molecule has 0 aromatic carbocycles. The minimum absolute atomic E-state index is 0.194. The fraction of sp³-hybridized carbons (Fsp3) is 0.167. The third-order valence-corrected chi connectivity index (χ3v) is 2.16. The van der Waals surface area contributed by atoms with Crippen LogP contribution in [0.5, 0.6) is 5.75 Å². The molecule has 0 spiro atoms. The van der Waals surface area contributed by atoms with Crippen LogP contribution in [0.3, 0.4) is 0 Å². The van der Waals surface area contributed by atoms with Crippen molar-refractivity contribution in [3.8, 4) is 5.75 Å². The number of aromatic nitrogens is 1. The monoisotopic (exact) mass is 301 g/mol. The van der Waals surface area contributed by atoms with Gasteiger partial charge >= 0.3 is 0 Å². The summed E-state index contributed by atoms with van der Waals surface area (Å²) >= 11 is 5.84. The van der Waals surface area contributed by atoms with Gasteiger partial charge in [0.15, 0.2) is 11.4 Å². The molecule has 0 amide bonds. The van der Waals surface area contributed by atoms with Crippen molar-refractivity contribution in [2.75, 3.05) is 0 Å². The van der Waals surface area contributed by atoms with Crippen LogP contribution in [-0.4, -0.2) is 10.1 Å². The fourth-order valence-electron chi connectivity index (χ4n) is 0.648. The number of alkyl halides is 2. The van der Waals surface area contributed by atoms with Gasteiger partial charge in [-0.2, -0.15) is 0 Å². The van der Waals surface area contributed by atoms with Crippen molar-refractivity contribution < 1.29 is 13.9 Å². The van der Waals surface area contributed by atoms with E-state index in [0.29, 0.717) is 0 Å². The quantitative estimate of drug-likeness (QED) is 0.808. The number of aromatic hydroxyl groups is 1. The van der Waals surface area contributed by atoms with E-state index in [1.165, 1.54) is 6.07 Å². The average Bonchev–Trinajstić information content (AvgIpc) is 1.96. The lowest BCUT2D eigenvalue weighted by molar-refractivity contribution is 0.141. The summed E-state index contributed by atoms with van der Waals surface area (Å²) < 4.78 is 24.7. The van der Waals surface area contributed by atoms with Gasteiger partial charge in [-0.05, 0) is 37.9 Å². The van der Waals surface area contributed by atoms with Crippen LogP contribution in [0.2, 0.25) is 0 Å². The van der Waals surface area contributed by atoms with Crippen molar-refractivity contribution in [2.24, 2.45) is 0 Å². The first kappa shape index (κ1) is 9.85. The van der Waals surface area contributed by atoms with Crippen molar-refractivity contribution in [2.45, 2.75) is 6.43 Å². The molecule has 1 rings (SSSR count). The molecule has 0 aliphatic rings. The van der Waals surface area contributed by atoms with E-state index in [-0.39, 0.29) is 9.08 Å². The molecule has 1 aromatic rings. The van der Waals surface area contributed by atoms with Crippen LogP contribution in [0.1, 0.15) is 12.1 Å². The Kier molecular flexibility index (Phi) is 3.00. The van der Waals surface area contributed by atoms with Crippen molar-refractivity contribution in [1.29, 1.82) is 0 Å². The summed E-state index contributed by atoms with van der Waals surface area (Å²) in [5.41, 5.74) is -0.628. The summed E-state index contributed by atoms with van der Waals surface area (Å²) in [5, 5.41) is 9.08. The molecule has 0 aliphatic heterocycles. The summed E-state index contributed by atoms with van der Waals surface area (Å²) in [6, 6.07) is 1.39. The highest BCUT2D eigenvalue weighted by Crippen LogP contribution is 2.34. The number of rotatable bonds is 1. The van der Waals surface area contributed by atoms with Gasteiger partial charge in [-0.25, -0.2) is 13.8 Å². The van der Waals surface area contributed by atoms with Crippen LogP contribution >= 0.6 is 31.9 Å². The number of halogens is 4. The Morgan fingerprint density at radius 1 is 1.42 bits per heavy atom. The maximum absolute atomic E-state index is 12.1. The van der Waals surface area contributed by atoms with Crippen LogP contribution in [0.25, 0.3) is 0 Å². The molecule has 0 saturated carbocycles. The summed E-state index contributed by atoms with van der Waals surface area (Å²) in [6.45, 7) is 0. The smallest absolute Gasteiger partial charge is 0.284 e. The molecule has 0 aliphatic carbocycles. The number of nitrogens with zero attached hydrogens (tertiary/aromatic N) is 1. The maximum atomic E-state index is 12.1. The molecule has 1 heterocycles. The number of hydrogen-bond donors (Lipinski definition) is 1. The van der Waals surface area contributed by atoms with Gasteiger partial charge in [0.25, 0.3) is 6.43 Å².